The van der Waals surface area contributed by atoms with Gasteiger partial charge in [0.25, 0.3) is 5.91 Å². The summed E-state index contributed by atoms with van der Waals surface area (Å²) < 4.78 is 19.3. The number of carbonyl (C=O) groups excluding carboxylic acids is 1. The van der Waals surface area contributed by atoms with Crippen molar-refractivity contribution in [3.8, 4) is 5.75 Å². The Hall–Kier alpha value is -2.08. The van der Waals surface area contributed by atoms with E-state index in [0.717, 1.165) is 35.1 Å². The van der Waals surface area contributed by atoms with Gasteiger partial charge in [-0.25, -0.2) is 4.39 Å². The molecule has 0 bridgehead atoms. The maximum absolute atomic E-state index is 13.4. The number of halogens is 2. The minimum Gasteiger partial charge on any atom is -0.497 e. The summed E-state index contributed by atoms with van der Waals surface area (Å²) in [6.07, 6.45) is 1.89. The van der Waals surface area contributed by atoms with E-state index >= 15 is 0 Å². The Morgan fingerprint density at radius 2 is 2.12 bits per heavy atom. The lowest BCUT2D eigenvalue weighted by molar-refractivity contribution is 0.0932. The summed E-state index contributed by atoms with van der Waals surface area (Å²) >= 11 is 3.43. The van der Waals surface area contributed by atoms with Crippen LogP contribution in [0, 0.1) is 12.7 Å². The minimum absolute atomic E-state index is 0.0406. The molecule has 1 aliphatic heterocycles. The molecule has 4 nitrogen and oxygen atoms in total. The number of hydrogen-bond acceptors (Lipinski definition) is 3. The lowest BCUT2D eigenvalue weighted by atomic mass is 10.0. The van der Waals surface area contributed by atoms with Crippen LogP contribution < -0.4 is 15.0 Å². The number of aryl methyl sites for hydroxylation is 1. The summed E-state index contributed by atoms with van der Waals surface area (Å²) in [7, 11) is 1.58. The van der Waals surface area contributed by atoms with Crippen LogP contribution >= 0.6 is 15.9 Å². The molecule has 26 heavy (non-hydrogen) atoms. The van der Waals surface area contributed by atoms with Crippen LogP contribution in [-0.4, -0.2) is 32.1 Å². The van der Waals surface area contributed by atoms with Gasteiger partial charge in [-0.2, -0.15) is 0 Å². The summed E-state index contributed by atoms with van der Waals surface area (Å²) in [6.45, 7) is 3.52. The van der Waals surface area contributed by atoms with Crippen molar-refractivity contribution in [2.24, 2.45) is 0 Å². The van der Waals surface area contributed by atoms with Crippen molar-refractivity contribution in [3.63, 3.8) is 0 Å². The molecule has 0 aliphatic carbocycles. The van der Waals surface area contributed by atoms with Gasteiger partial charge in [-0.3, -0.25) is 4.79 Å². The fraction of sp³-hybridized carbons (Fsp3) is 0.350. The van der Waals surface area contributed by atoms with Gasteiger partial charge in [0.15, 0.2) is 0 Å². The predicted octanol–water partition coefficient (Wildman–Crippen LogP) is 4.30. The van der Waals surface area contributed by atoms with Crippen molar-refractivity contribution in [1.82, 2.24) is 5.32 Å². The maximum atomic E-state index is 13.4. The highest BCUT2D eigenvalue weighted by molar-refractivity contribution is 9.10. The number of anilines is 1. The van der Waals surface area contributed by atoms with E-state index in [1.54, 1.807) is 25.3 Å². The Kier molecular flexibility index (Phi) is 5.81. The largest absolute Gasteiger partial charge is 0.497 e. The van der Waals surface area contributed by atoms with Crippen LogP contribution in [0.5, 0.6) is 5.75 Å². The van der Waals surface area contributed by atoms with Gasteiger partial charge in [0.1, 0.15) is 11.6 Å². The number of piperidine rings is 1. The number of carbonyl (C=O) groups is 1. The average Bonchev–Trinajstić information content (AvgIpc) is 2.62. The highest BCUT2D eigenvalue weighted by atomic mass is 79.9. The summed E-state index contributed by atoms with van der Waals surface area (Å²) in [4.78, 5) is 14.9. The molecule has 1 atom stereocenters. The Balaban J connectivity index is 1.71. The second-order valence-corrected chi connectivity index (χ2v) is 7.39. The third-order valence-electron chi connectivity index (χ3n) is 4.67. The third-order valence-corrected chi connectivity index (χ3v) is 5.37. The van der Waals surface area contributed by atoms with E-state index in [9.17, 15) is 9.18 Å². The Morgan fingerprint density at radius 3 is 2.85 bits per heavy atom. The Morgan fingerprint density at radius 1 is 1.31 bits per heavy atom. The fourth-order valence-electron chi connectivity index (χ4n) is 3.36. The van der Waals surface area contributed by atoms with Crippen molar-refractivity contribution in [1.29, 1.82) is 0 Å². The molecule has 2 aromatic rings. The van der Waals surface area contributed by atoms with Crippen molar-refractivity contribution < 1.29 is 13.9 Å². The second-order valence-electron chi connectivity index (χ2n) is 6.54. The molecule has 6 heteroatoms. The molecule has 1 saturated heterocycles. The first-order valence-electron chi connectivity index (χ1n) is 8.63. The molecular formula is C20H22BrFN2O2. The first-order chi connectivity index (χ1) is 12.5. The maximum Gasteiger partial charge on any atom is 0.252 e. The van der Waals surface area contributed by atoms with E-state index in [0.29, 0.717) is 17.9 Å². The van der Waals surface area contributed by atoms with E-state index in [4.69, 9.17) is 4.74 Å². The molecule has 1 heterocycles. The lowest BCUT2D eigenvalue weighted by Crippen LogP contribution is -2.48. The standard InChI is InChI=1S/C20H22BrFN2O2/c1-13-10-14(22)5-8-19(13)24-9-3-4-15(12-24)23-20(25)17-11-16(26-2)6-7-18(17)21/h5-8,10-11,15H,3-4,9,12H2,1-2H3,(H,23,25). The van der Waals surface area contributed by atoms with Gasteiger partial charge in [-0.15, -0.1) is 0 Å². The molecule has 0 saturated carbocycles. The van der Waals surface area contributed by atoms with Gasteiger partial charge in [0, 0.05) is 29.3 Å². The first kappa shape index (κ1) is 18.7. The monoisotopic (exact) mass is 420 g/mol. The molecule has 0 spiro atoms. The molecule has 1 aliphatic rings. The highest BCUT2D eigenvalue weighted by Crippen LogP contribution is 2.26. The lowest BCUT2D eigenvalue weighted by Gasteiger charge is -2.35. The summed E-state index contributed by atoms with van der Waals surface area (Å²) in [5.41, 5.74) is 2.49. The van der Waals surface area contributed by atoms with E-state index < -0.39 is 0 Å². The molecule has 1 fully saturated rings. The number of hydrogen-bond donors (Lipinski definition) is 1. The van der Waals surface area contributed by atoms with Gasteiger partial charge in [-0.05, 0) is 77.7 Å². The topological polar surface area (TPSA) is 41.6 Å². The van der Waals surface area contributed by atoms with Gasteiger partial charge in [-0.1, -0.05) is 0 Å². The van der Waals surface area contributed by atoms with E-state index in [1.807, 2.05) is 19.1 Å². The van der Waals surface area contributed by atoms with Crippen molar-refractivity contribution in [2.75, 3.05) is 25.1 Å². The van der Waals surface area contributed by atoms with Crippen LogP contribution in [0.3, 0.4) is 0 Å². The Bertz CT molecular complexity index is 812. The number of amides is 1. The number of nitrogens with one attached hydrogen (secondary N) is 1. The molecule has 1 unspecified atom stereocenters. The number of methoxy groups -OCH3 is 1. The van der Waals surface area contributed by atoms with Gasteiger partial charge < -0.3 is 15.0 Å². The summed E-state index contributed by atoms with van der Waals surface area (Å²) in [6, 6.07) is 10.2. The van der Waals surface area contributed by atoms with Crippen LogP contribution in [-0.2, 0) is 0 Å². The van der Waals surface area contributed by atoms with Crippen LogP contribution in [0.2, 0.25) is 0 Å². The van der Waals surface area contributed by atoms with Gasteiger partial charge in [0.05, 0.1) is 12.7 Å². The van der Waals surface area contributed by atoms with Gasteiger partial charge in [0.2, 0.25) is 0 Å². The average molecular weight is 421 g/mol. The van der Waals surface area contributed by atoms with Gasteiger partial charge >= 0.3 is 0 Å². The van der Waals surface area contributed by atoms with Crippen LogP contribution in [0.25, 0.3) is 0 Å². The quantitative estimate of drug-likeness (QED) is 0.801. The summed E-state index contributed by atoms with van der Waals surface area (Å²) in [5.74, 6) is 0.292. The first-order valence-corrected chi connectivity index (χ1v) is 9.42. The molecule has 2 aromatic carbocycles. The molecular weight excluding hydrogens is 399 g/mol. The summed E-state index contributed by atoms with van der Waals surface area (Å²) in [5, 5.41) is 3.12. The molecule has 138 valence electrons. The fourth-order valence-corrected chi connectivity index (χ4v) is 3.78. The van der Waals surface area contributed by atoms with E-state index in [1.165, 1.54) is 6.07 Å². The van der Waals surface area contributed by atoms with Crippen LogP contribution in [0.15, 0.2) is 40.9 Å². The second kappa shape index (κ2) is 8.08. The normalized spacial score (nSPS) is 17.1. The minimum atomic E-state index is -0.226. The zero-order valence-corrected chi connectivity index (χ0v) is 16.5. The van der Waals surface area contributed by atoms with Crippen molar-refractivity contribution in [2.45, 2.75) is 25.8 Å². The third kappa shape index (κ3) is 4.18. The molecule has 3 rings (SSSR count). The smallest absolute Gasteiger partial charge is 0.252 e. The number of benzene rings is 2. The highest BCUT2D eigenvalue weighted by Gasteiger charge is 2.24. The van der Waals surface area contributed by atoms with Crippen molar-refractivity contribution >= 4 is 27.5 Å². The van der Waals surface area contributed by atoms with E-state index in [2.05, 4.69) is 26.1 Å². The molecule has 1 N–H and O–H groups in total. The van der Waals surface area contributed by atoms with E-state index in [-0.39, 0.29) is 17.8 Å². The zero-order valence-electron chi connectivity index (χ0n) is 14.9. The molecule has 0 aromatic heterocycles. The Labute approximate surface area is 161 Å². The number of ether oxygens (including phenoxy) is 1. The van der Waals surface area contributed by atoms with Crippen molar-refractivity contribution in [3.05, 3.63) is 57.8 Å². The molecule has 1 amide bonds. The van der Waals surface area contributed by atoms with Crippen LogP contribution in [0.1, 0.15) is 28.8 Å². The SMILES string of the molecule is COc1ccc(Br)c(C(=O)NC2CCCN(c3ccc(F)cc3C)C2)c1. The zero-order chi connectivity index (χ0) is 18.7. The molecule has 0 radical (unpaired) electrons. The van der Waals surface area contributed by atoms with Crippen LogP contribution in [0.4, 0.5) is 10.1 Å². The predicted molar refractivity (Wildman–Crippen MR) is 105 cm³/mol. The number of rotatable bonds is 4. The number of nitrogens with zero attached hydrogens (tertiary/aromatic N) is 1.